The highest BCUT2D eigenvalue weighted by Crippen LogP contribution is 2.53. The number of rotatable bonds is 2. The fourth-order valence-corrected chi connectivity index (χ4v) is 5.84. The lowest BCUT2D eigenvalue weighted by Gasteiger charge is -2.45. The predicted molar refractivity (Wildman–Crippen MR) is 113 cm³/mol. The Morgan fingerprint density at radius 1 is 1.11 bits per heavy atom. The molecule has 1 aromatic carbocycles. The average Bonchev–Trinajstić information content (AvgIpc) is 3.03. The molecule has 2 saturated carbocycles. The van der Waals surface area contributed by atoms with Gasteiger partial charge in [0.15, 0.2) is 0 Å². The minimum Gasteiger partial charge on any atom is -0.390 e. The van der Waals surface area contributed by atoms with Gasteiger partial charge in [-0.15, -0.1) is 0 Å². The lowest BCUT2D eigenvalue weighted by molar-refractivity contribution is -0.151. The number of benzene rings is 1. The van der Waals surface area contributed by atoms with Gasteiger partial charge in [0.05, 0.1) is 5.60 Å². The van der Waals surface area contributed by atoms with E-state index in [-0.39, 0.29) is 17.2 Å². The third-order valence-corrected chi connectivity index (χ3v) is 7.78. The number of likely N-dealkylation sites (tertiary alicyclic amines) is 1. The van der Waals surface area contributed by atoms with Crippen LogP contribution in [0.4, 0.5) is 0 Å². The van der Waals surface area contributed by atoms with E-state index in [9.17, 15) is 9.90 Å². The summed E-state index contributed by atoms with van der Waals surface area (Å²) < 4.78 is 0. The maximum Gasteiger partial charge on any atom is 0.225 e. The molecule has 3 aliphatic rings. The quantitative estimate of drug-likeness (QED) is 0.779. The first kappa shape index (κ1) is 19.9. The molecule has 1 amide bonds. The highest BCUT2D eigenvalue weighted by molar-refractivity contribution is 5.80. The second kappa shape index (κ2) is 6.86. The molecule has 0 aromatic heterocycles. The summed E-state index contributed by atoms with van der Waals surface area (Å²) in [7, 11) is 0. The Bertz CT molecular complexity index is 729. The molecule has 1 aliphatic heterocycles. The van der Waals surface area contributed by atoms with Crippen LogP contribution < -0.4 is 0 Å². The molecule has 0 unspecified atom stereocenters. The van der Waals surface area contributed by atoms with Crippen LogP contribution in [0.2, 0.25) is 0 Å². The first-order valence-corrected chi connectivity index (χ1v) is 11.2. The molecule has 1 aromatic rings. The molecule has 3 nitrogen and oxygen atoms in total. The fraction of sp³-hybridized carbons (Fsp3) is 0.720. The Morgan fingerprint density at radius 2 is 1.79 bits per heavy atom. The SMILES string of the molecule is CC1(O)CC(C(=O)N2CCC3(CC[C@@H](c4cccc(C(C)(C)C)c4)C3)CC2)C1. The zero-order valence-electron chi connectivity index (χ0n) is 18.1. The zero-order chi connectivity index (χ0) is 20.2. The zero-order valence-corrected chi connectivity index (χ0v) is 18.1. The number of hydrogen-bond donors (Lipinski definition) is 1. The number of hydrogen-bond acceptors (Lipinski definition) is 2. The second-order valence-corrected chi connectivity index (χ2v) is 11.2. The normalized spacial score (nSPS) is 32.4. The summed E-state index contributed by atoms with van der Waals surface area (Å²) in [6.45, 7) is 10.5. The number of nitrogens with zero attached hydrogens (tertiary/aromatic N) is 1. The molecule has 4 rings (SSSR count). The van der Waals surface area contributed by atoms with Crippen molar-refractivity contribution in [2.75, 3.05) is 13.1 Å². The van der Waals surface area contributed by atoms with Gasteiger partial charge in [-0.2, -0.15) is 0 Å². The molecule has 1 N–H and O–H groups in total. The summed E-state index contributed by atoms with van der Waals surface area (Å²) >= 11 is 0. The van der Waals surface area contributed by atoms with Crippen molar-refractivity contribution in [1.29, 1.82) is 0 Å². The summed E-state index contributed by atoms with van der Waals surface area (Å²) in [5.41, 5.74) is 2.97. The Labute approximate surface area is 170 Å². The molecule has 3 fully saturated rings. The summed E-state index contributed by atoms with van der Waals surface area (Å²) in [5, 5.41) is 9.93. The average molecular weight is 384 g/mol. The molecule has 1 spiro atoms. The monoisotopic (exact) mass is 383 g/mol. The smallest absolute Gasteiger partial charge is 0.225 e. The Morgan fingerprint density at radius 3 is 2.39 bits per heavy atom. The van der Waals surface area contributed by atoms with E-state index in [0.29, 0.717) is 24.2 Å². The van der Waals surface area contributed by atoms with Gasteiger partial charge in [0, 0.05) is 19.0 Å². The third kappa shape index (κ3) is 3.87. The van der Waals surface area contributed by atoms with E-state index in [0.717, 1.165) is 25.9 Å². The maximum atomic E-state index is 12.7. The molecule has 1 heterocycles. The number of amides is 1. The van der Waals surface area contributed by atoms with Crippen molar-refractivity contribution in [3.8, 4) is 0 Å². The summed E-state index contributed by atoms with van der Waals surface area (Å²) in [5.74, 6) is 1.01. The minimum absolute atomic E-state index is 0.0560. The van der Waals surface area contributed by atoms with E-state index in [1.807, 2.05) is 6.92 Å². The van der Waals surface area contributed by atoms with E-state index in [4.69, 9.17) is 0 Å². The van der Waals surface area contributed by atoms with Crippen LogP contribution in [-0.2, 0) is 10.2 Å². The van der Waals surface area contributed by atoms with Crippen molar-refractivity contribution in [3.63, 3.8) is 0 Å². The molecular weight excluding hydrogens is 346 g/mol. The largest absolute Gasteiger partial charge is 0.390 e. The van der Waals surface area contributed by atoms with Crippen LogP contribution >= 0.6 is 0 Å². The van der Waals surface area contributed by atoms with Gasteiger partial charge in [-0.3, -0.25) is 4.79 Å². The van der Waals surface area contributed by atoms with Crippen molar-refractivity contribution >= 4 is 5.91 Å². The van der Waals surface area contributed by atoms with Crippen LogP contribution in [0, 0.1) is 11.3 Å². The summed E-state index contributed by atoms with van der Waals surface area (Å²) in [6.07, 6.45) is 7.44. The minimum atomic E-state index is -0.613. The van der Waals surface area contributed by atoms with Crippen molar-refractivity contribution in [2.45, 2.75) is 89.6 Å². The van der Waals surface area contributed by atoms with Crippen molar-refractivity contribution in [3.05, 3.63) is 35.4 Å². The first-order chi connectivity index (χ1) is 13.1. The number of piperidine rings is 1. The lowest BCUT2D eigenvalue weighted by Crippen LogP contribution is -2.52. The molecule has 1 saturated heterocycles. The number of carbonyl (C=O) groups is 1. The van der Waals surface area contributed by atoms with Gasteiger partial charge in [0.25, 0.3) is 0 Å². The fourth-order valence-electron chi connectivity index (χ4n) is 5.84. The standard InChI is InChI=1S/C25H37NO2/c1-23(2,3)21-7-5-6-18(14-21)19-8-9-25(17-19)10-12-26(13-11-25)22(27)20-15-24(4,28)16-20/h5-7,14,19-20,28H,8-13,15-17H2,1-4H3/t19-,20?,24?/m1/s1. The topological polar surface area (TPSA) is 40.5 Å². The van der Waals surface area contributed by atoms with Gasteiger partial charge in [0.2, 0.25) is 5.91 Å². The third-order valence-electron chi connectivity index (χ3n) is 7.78. The van der Waals surface area contributed by atoms with Crippen LogP contribution in [0.3, 0.4) is 0 Å². The number of aliphatic hydroxyl groups is 1. The van der Waals surface area contributed by atoms with Crippen LogP contribution in [0.15, 0.2) is 24.3 Å². The summed E-state index contributed by atoms with van der Waals surface area (Å²) in [4.78, 5) is 14.8. The molecule has 0 radical (unpaired) electrons. The maximum absolute atomic E-state index is 12.7. The summed E-state index contributed by atoms with van der Waals surface area (Å²) in [6, 6.07) is 9.25. The predicted octanol–water partition coefficient (Wildman–Crippen LogP) is 5.02. The van der Waals surface area contributed by atoms with Crippen LogP contribution in [0.5, 0.6) is 0 Å². The molecule has 0 bridgehead atoms. The highest BCUT2D eigenvalue weighted by Gasteiger charge is 2.47. The molecule has 3 heteroatoms. The van der Waals surface area contributed by atoms with Crippen molar-refractivity contribution in [1.82, 2.24) is 4.90 Å². The molecular formula is C25H37NO2. The van der Waals surface area contributed by atoms with Crippen LogP contribution in [0.25, 0.3) is 0 Å². The van der Waals surface area contributed by atoms with E-state index >= 15 is 0 Å². The molecule has 1 atom stereocenters. The number of carbonyl (C=O) groups excluding carboxylic acids is 1. The lowest BCUT2D eigenvalue weighted by atomic mass is 9.70. The Kier molecular flexibility index (Phi) is 4.89. The van der Waals surface area contributed by atoms with E-state index < -0.39 is 5.60 Å². The highest BCUT2D eigenvalue weighted by atomic mass is 16.3. The van der Waals surface area contributed by atoms with Gasteiger partial charge in [-0.1, -0.05) is 45.0 Å². The van der Waals surface area contributed by atoms with Crippen LogP contribution in [0.1, 0.15) is 89.7 Å². The van der Waals surface area contributed by atoms with E-state index in [2.05, 4.69) is 49.9 Å². The van der Waals surface area contributed by atoms with Crippen molar-refractivity contribution < 1.29 is 9.90 Å². The Hall–Kier alpha value is -1.35. The van der Waals surface area contributed by atoms with Gasteiger partial charge in [0.1, 0.15) is 0 Å². The molecule has 2 aliphatic carbocycles. The first-order valence-electron chi connectivity index (χ1n) is 11.2. The van der Waals surface area contributed by atoms with E-state index in [1.165, 1.54) is 30.4 Å². The Balaban J connectivity index is 1.36. The van der Waals surface area contributed by atoms with Gasteiger partial charge < -0.3 is 10.0 Å². The van der Waals surface area contributed by atoms with Gasteiger partial charge >= 0.3 is 0 Å². The molecule has 28 heavy (non-hydrogen) atoms. The van der Waals surface area contributed by atoms with Crippen molar-refractivity contribution in [2.24, 2.45) is 11.3 Å². The molecule has 154 valence electrons. The second-order valence-electron chi connectivity index (χ2n) is 11.2. The van der Waals surface area contributed by atoms with Gasteiger partial charge in [-0.05, 0) is 79.7 Å². The van der Waals surface area contributed by atoms with Crippen LogP contribution in [-0.4, -0.2) is 34.6 Å². The van der Waals surface area contributed by atoms with Gasteiger partial charge in [-0.25, -0.2) is 0 Å². The van der Waals surface area contributed by atoms with E-state index in [1.54, 1.807) is 0 Å².